The third kappa shape index (κ3) is 4.95. The average molecular weight is 318 g/mol. The van der Waals surface area contributed by atoms with Crippen molar-refractivity contribution in [3.8, 4) is 0 Å². The minimum atomic E-state index is -0.484. The molecule has 2 aromatic rings. The molecule has 0 fully saturated rings. The molecule has 0 bridgehead atoms. The molecule has 0 aliphatic carbocycles. The van der Waals surface area contributed by atoms with Gasteiger partial charge in [0.25, 0.3) is 11.4 Å². The molecule has 0 aliphatic rings. The van der Waals surface area contributed by atoms with E-state index in [2.05, 4.69) is 5.32 Å². The van der Waals surface area contributed by atoms with E-state index in [1.807, 2.05) is 13.0 Å². The maximum absolute atomic E-state index is 10.5. The van der Waals surface area contributed by atoms with Crippen molar-refractivity contribution in [1.29, 1.82) is 0 Å². The zero-order valence-corrected chi connectivity index (χ0v) is 13.1. The first-order chi connectivity index (χ1) is 10.8. The van der Waals surface area contributed by atoms with Gasteiger partial charge in [-0.15, -0.1) is 0 Å². The minimum Gasteiger partial charge on any atom is -0.393 e. The predicted molar refractivity (Wildman–Crippen MR) is 89.6 cm³/mol. The molecular formula is C15H18N4O4. The Morgan fingerprint density at radius 3 is 1.83 bits per heavy atom. The maximum atomic E-state index is 10.5. The zero-order chi connectivity index (χ0) is 17.6. The number of nitro groups is 2. The van der Waals surface area contributed by atoms with Crippen LogP contribution in [0, 0.1) is 34.1 Å². The average Bonchev–Trinajstić information content (AvgIpc) is 2.50. The highest BCUT2D eigenvalue weighted by Crippen LogP contribution is 2.24. The Balaban J connectivity index is 0.000000231. The van der Waals surface area contributed by atoms with E-state index in [0.29, 0.717) is 5.69 Å². The monoisotopic (exact) mass is 318 g/mol. The molecule has 122 valence electrons. The van der Waals surface area contributed by atoms with Gasteiger partial charge in [0.2, 0.25) is 0 Å². The van der Waals surface area contributed by atoms with Crippen molar-refractivity contribution >= 4 is 22.7 Å². The molecule has 23 heavy (non-hydrogen) atoms. The summed E-state index contributed by atoms with van der Waals surface area (Å²) >= 11 is 0. The van der Waals surface area contributed by atoms with Crippen LogP contribution in [-0.2, 0) is 0 Å². The molecule has 3 N–H and O–H groups in total. The van der Waals surface area contributed by atoms with Gasteiger partial charge in [0.1, 0.15) is 11.4 Å². The fourth-order valence-corrected chi connectivity index (χ4v) is 1.82. The number of nitrogens with two attached hydrogens (primary N) is 1. The quantitative estimate of drug-likeness (QED) is 0.507. The summed E-state index contributed by atoms with van der Waals surface area (Å²) in [7, 11) is 1.66. The number of aryl methyl sites for hydroxylation is 2. The van der Waals surface area contributed by atoms with Crippen LogP contribution in [0.4, 0.5) is 22.7 Å². The summed E-state index contributed by atoms with van der Waals surface area (Å²) in [5.41, 5.74) is 7.93. The standard InChI is InChI=1S/C8H10N2O2.C7H8N2O2/c1-6-3-4-7(9-2)8(5-6)10(11)12;1-5-2-3-6(8)7(4-5)9(10)11/h3-5,9H,1-2H3;2-4H,8H2,1H3. The van der Waals surface area contributed by atoms with Gasteiger partial charge < -0.3 is 11.1 Å². The highest BCUT2D eigenvalue weighted by atomic mass is 16.6. The summed E-state index contributed by atoms with van der Waals surface area (Å²) in [4.78, 5) is 19.9. The molecule has 0 amide bonds. The van der Waals surface area contributed by atoms with Crippen LogP contribution in [0.15, 0.2) is 36.4 Å². The van der Waals surface area contributed by atoms with Crippen LogP contribution in [0.2, 0.25) is 0 Å². The van der Waals surface area contributed by atoms with E-state index in [-0.39, 0.29) is 17.1 Å². The number of nitrogen functional groups attached to an aromatic ring is 1. The highest BCUT2D eigenvalue weighted by molar-refractivity contribution is 5.62. The Labute approximate surface area is 133 Å². The lowest BCUT2D eigenvalue weighted by molar-refractivity contribution is -0.384. The van der Waals surface area contributed by atoms with Crippen LogP contribution in [0.3, 0.4) is 0 Å². The second-order valence-electron chi connectivity index (χ2n) is 4.85. The molecule has 0 aliphatic heterocycles. The Hall–Kier alpha value is -3.16. The van der Waals surface area contributed by atoms with Crippen molar-refractivity contribution in [3.63, 3.8) is 0 Å². The van der Waals surface area contributed by atoms with Gasteiger partial charge in [-0.2, -0.15) is 0 Å². The molecule has 0 saturated carbocycles. The number of benzene rings is 2. The molecule has 0 aromatic heterocycles. The van der Waals surface area contributed by atoms with Gasteiger partial charge in [0, 0.05) is 19.2 Å². The van der Waals surface area contributed by atoms with Gasteiger partial charge in [0.05, 0.1) is 9.85 Å². The van der Waals surface area contributed by atoms with Crippen molar-refractivity contribution in [1.82, 2.24) is 0 Å². The van der Waals surface area contributed by atoms with Gasteiger partial charge in [-0.3, -0.25) is 20.2 Å². The molecule has 0 unspecified atom stereocenters. The largest absolute Gasteiger partial charge is 0.393 e. The molecule has 0 spiro atoms. The Morgan fingerprint density at radius 2 is 1.39 bits per heavy atom. The van der Waals surface area contributed by atoms with E-state index in [4.69, 9.17) is 5.73 Å². The van der Waals surface area contributed by atoms with Crippen molar-refractivity contribution in [3.05, 3.63) is 67.8 Å². The first kappa shape index (κ1) is 17.9. The van der Waals surface area contributed by atoms with E-state index >= 15 is 0 Å². The lowest BCUT2D eigenvalue weighted by Crippen LogP contribution is -1.96. The summed E-state index contributed by atoms with van der Waals surface area (Å²) in [6.45, 7) is 3.61. The number of anilines is 2. The molecule has 0 saturated heterocycles. The zero-order valence-electron chi connectivity index (χ0n) is 13.1. The van der Waals surface area contributed by atoms with Crippen molar-refractivity contribution in [2.75, 3.05) is 18.1 Å². The molecule has 8 nitrogen and oxygen atoms in total. The Bertz CT molecular complexity index is 731. The van der Waals surface area contributed by atoms with Crippen LogP contribution < -0.4 is 11.1 Å². The van der Waals surface area contributed by atoms with Gasteiger partial charge in [-0.05, 0) is 37.1 Å². The first-order valence-corrected chi connectivity index (χ1v) is 6.69. The van der Waals surface area contributed by atoms with Crippen LogP contribution in [-0.4, -0.2) is 16.9 Å². The molecule has 2 rings (SSSR count). The predicted octanol–water partition coefficient (Wildman–Crippen LogP) is 3.43. The van der Waals surface area contributed by atoms with E-state index in [9.17, 15) is 20.2 Å². The van der Waals surface area contributed by atoms with E-state index < -0.39 is 9.85 Å². The fraction of sp³-hybridized carbons (Fsp3) is 0.200. The van der Waals surface area contributed by atoms with Crippen molar-refractivity contribution < 1.29 is 9.85 Å². The number of nitrogens with zero attached hydrogens (tertiary/aromatic N) is 2. The topological polar surface area (TPSA) is 124 Å². The summed E-state index contributed by atoms with van der Waals surface area (Å²) in [6.07, 6.45) is 0. The Kier molecular flexibility index (Phi) is 6.02. The third-order valence-corrected chi connectivity index (χ3v) is 3.00. The molecular weight excluding hydrogens is 300 g/mol. The molecule has 0 radical (unpaired) electrons. The summed E-state index contributed by atoms with van der Waals surface area (Å²) < 4.78 is 0. The second kappa shape index (κ2) is 7.74. The van der Waals surface area contributed by atoms with E-state index in [0.717, 1.165) is 11.1 Å². The molecule has 0 heterocycles. The van der Waals surface area contributed by atoms with Gasteiger partial charge >= 0.3 is 0 Å². The highest BCUT2D eigenvalue weighted by Gasteiger charge is 2.11. The number of nitrogens with one attached hydrogen (secondary N) is 1. The van der Waals surface area contributed by atoms with Crippen LogP contribution >= 0.6 is 0 Å². The number of hydrogen-bond acceptors (Lipinski definition) is 6. The summed E-state index contributed by atoms with van der Waals surface area (Å²) in [6, 6.07) is 9.81. The van der Waals surface area contributed by atoms with Gasteiger partial charge in [-0.25, -0.2) is 0 Å². The number of rotatable bonds is 3. The lowest BCUT2D eigenvalue weighted by Gasteiger charge is -2.01. The lowest BCUT2D eigenvalue weighted by atomic mass is 10.2. The number of nitro benzene ring substituents is 2. The van der Waals surface area contributed by atoms with Crippen LogP contribution in [0.25, 0.3) is 0 Å². The summed E-state index contributed by atoms with van der Waals surface area (Å²) in [5, 5.41) is 23.6. The van der Waals surface area contributed by atoms with Gasteiger partial charge in [-0.1, -0.05) is 12.1 Å². The van der Waals surface area contributed by atoms with Crippen LogP contribution in [0.5, 0.6) is 0 Å². The van der Waals surface area contributed by atoms with Crippen molar-refractivity contribution in [2.24, 2.45) is 0 Å². The second-order valence-corrected chi connectivity index (χ2v) is 4.85. The number of hydrogen-bond donors (Lipinski definition) is 2. The van der Waals surface area contributed by atoms with E-state index in [1.165, 1.54) is 12.1 Å². The maximum Gasteiger partial charge on any atom is 0.292 e. The molecule has 0 atom stereocenters. The normalized spacial score (nSPS) is 9.52. The first-order valence-electron chi connectivity index (χ1n) is 6.69. The van der Waals surface area contributed by atoms with Crippen molar-refractivity contribution in [2.45, 2.75) is 13.8 Å². The van der Waals surface area contributed by atoms with E-state index in [1.54, 1.807) is 32.2 Å². The SMILES string of the molecule is CNc1ccc(C)cc1[N+](=O)[O-].Cc1ccc(N)c([N+](=O)[O-])c1. The summed E-state index contributed by atoms with van der Waals surface area (Å²) in [5.74, 6) is 0. The minimum absolute atomic E-state index is 0.0231. The third-order valence-electron chi connectivity index (χ3n) is 3.00. The van der Waals surface area contributed by atoms with Crippen LogP contribution in [0.1, 0.15) is 11.1 Å². The molecule has 8 heteroatoms. The smallest absolute Gasteiger partial charge is 0.292 e. The molecule has 2 aromatic carbocycles. The fourth-order valence-electron chi connectivity index (χ4n) is 1.82. The van der Waals surface area contributed by atoms with Gasteiger partial charge in [0.15, 0.2) is 0 Å². The Morgan fingerprint density at radius 1 is 0.913 bits per heavy atom.